The Morgan fingerprint density at radius 2 is 1.88 bits per heavy atom. The summed E-state index contributed by atoms with van der Waals surface area (Å²) in [5, 5.41) is 8.79. The highest BCUT2D eigenvalue weighted by Crippen LogP contribution is 2.24. The van der Waals surface area contributed by atoms with Crippen LogP contribution >= 0.6 is 23.4 Å². The predicted octanol–water partition coefficient (Wildman–Crippen LogP) is 4.84. The van der Waals surface area contributed by atoms with E-state index >= 15 is 0 Å². The molecule has 0 fully saturated rings. The molecule has 96 valence electrons. The van der Waals surface area contributed by atoms with Crippen molar-refractivity contribution in [2.45, 2.75) is 33.8 Å². The average molecular weight is 274 g/mol. The van der Waals surface area contributed by atoms with E-state index < -0.39 is 0 Å². The van der Waals surface area contributed by atoms with Crippen molar-refractivity contribution in [1.82, 2.24) is 0 Å². The van der Waals surface area contributed by atoms with Crippen LogP contribution in [0.15, 0.2) is 18.2 Å². The molecule has 0 aliphatic rings. The van der Waals surface area contributed by atoms with Gasteiger partial charge in [0.05, 0.1) is 11.1 Å². The van der Waals surface area contributed by atoms with Gasteiger partial charge in [-0.3, -0.25) is 5.41 Å². The Balaban J connectivity index is 0.00000121. The van der Waals surface area contributed by atoms with Crippen molar-refractivity contribution in [2.24, 2.45) is 0 Å². The van der Waals surface area contributed by atoms with Crippen LogP contribution in [0.3, 0.4) is 0 Å². The van der Waals surface area contributed by atoms with Gasteiger partial charge >= 0.3 is 0 Å². The van der Waals surface area contributed by atoms with Gasteiger partial charge in [0.1, 0.15) is 5.75 Å². The first kappa shape index (κ1) is 16.3. The molecule has 0 heterocycles. The maximum absolute atomic E-state index is 7.70. The quantitative estimate of drug-likeness (QED) is 0.631. The number of thioether (sulfide) groups is 1. The zero-order valence-corrected chi connectivity index (χ0v) is 12.6. The molecule has 0 amide bonds. The highest BCUT2D eigenvalue weighted by Gasteiger charge is 2.05. The molecule has 0 unspecified atom stereocenters. The third-order valence-corrected chi connectivity index (χ3v) is 2.57. The number of hydrogen-bond acceptors (Lipinski definition) is 3. The molecule has 0 saturated heterocycles. The summed E-state index contributed by atoms with van der Waals surface area (Å²) in [6.45, 7) is 7.92. The minimum atomic E-state index is 0.111. The van der Waals surface area contributed by atoms with Gasteiger partial charge < -0.3 is 4.74 Å². The normalized spacial score (nSPS) is 9.59. The number of rotatable bonds is 3. The number of benzene rings is 1. The summed E-state index contributed by atoms with van der Waals surface area (Å²) in [5.74, 6) is 0.714. The van der Waals surface area contributed by atoms with Crippen LogP contribution in [0.4, 0.5) is 0 Å². The molecule has 0 atom stereocenters. The molecule has 0 bridgehead atoms. The van der Waals surface area contributed by atoms with Crippen molar-refractivity contribution in [3.63, 3.8) is 0 Å². The van der Waals surface area contributed by atoms with Crippen molar-refractivity contribution in [1.29, 1.82) is 5.41 Å². The van der Waals surface area contributed by atoms with Crippen molar-refractivity contribution in [3.8, 4) is 5.75 Å². The molecular formula is C13H20ClNOS. The van der Waals surface area contributed by atoms with Gasteiger partial charge in [-0.2, -0.15) is 0 Å². The largest absolute Gasteiger partial charge is 0.491 e. The molecule has 0 spiro atoms. The molecule has 0 saturated carbocycles. The van der Waals surface area contributed by atoms with Crippen LogP contribution in [-0.2, 0) is 0 Å². The van der Waals surface area contributed by atoms with Gasteiger partial charge in [0.2, 0.25) is 0 Å². The lowest BCUT2D eigenvalue weighted by molar-refractivity contribution is 0.242. The van der Waals surface area contributed by atoms with Crippen molar-refractivity contribution in [3.05, 3.63) is 28.8 Å². The van der Waals surface area contributed by atoms with E-state index in [1.807, 2.05) is 40.0 Å². The summed E-state index contributed by atoms with van der Waals surface area (Å²) in [4.78, 5) is 0. The fourth-order valence-corrected chi connectivity index (χ4v) is 1.73. The van der Waals surface area contributed by atoms with Crippen LogP contribution in [0.1, 0.15) is 33.3 Å². The van der Waals surface area contributed by atoms with E-state index in [9.17, 15) is 0 Å². The first-order chi connectivity index (χ1) is 8.02. The van der Waals surface area contributed by atoms with Gasteiger partial charge in [0.25, 0.3) is 0 Å². The molecule has 1 rings (SSSR count). The molecule has 4 heteroatoms. The van der Waals surface area contributed by atoms with Gasteiger partial charge in [-0.05, 0) is 38.3 Å². The Bertz CT molecular complexity index is 366. The maximum atomic E-state index is 7.70. The Labute approximate surface area is 113 Å². The summed E-state index contributed by atoms with van der Waals surface area (Å²) in [6, 6.07) is 5.37. The molecule has 1 N–H and O–H groups in total. The van der Waals surface area contributed by atoms with Crippen LogP contribution in [-0.4, -0.2) is 17.4 Å². The summed E-state index contributed by atoms with van der Waals surface area (Å²) in [5.41, 5.74) is 0.797. The van der Waals surface area contributed by atoms with E-state index in [-0.39, 0.29) is 6.10 Å². The summed E-state index contributed by atoms with van der Waals surface area (Å²) < 4.78 is 5.54. The fraction of sp³-hybridized carbons (Fsp3) is 0.462. The maximum Gasteiger partial charge on any atom is 0.121 e. The fourth-order valence-electron chi connectivity index (χ4n) is 1.15. The lowest BCUT2D eigenvalue weighted by atomic mass is 10.2. The van der Waals surface area contributed by atoms with E-state index in [0.29, 0.717) is 15.8 Å². The number of nitrogens with one attached hydrogen (secondary N) is 1. The van der Waals surface area contributed by atoms with Crippen LogP contribution in [0.2, 0.25) is 5.02 Å². The van der Waals surface area contributed by atoms with E-state index in [0.717, 1.165) is 5.56 Å². The second-order valence-corrected chi connectivity index (χ2v) is 4.63. The van der Waals surface area contributed by atoms with E-state index in [4.69, 9.17) is 21.7 Å². The van der Waals surface area contributed by atoms with Crippen molar-refractivity contribution < 1.29 is 4.74 Å². The lowest BCUT2D eigenvalue weighted by Gasteiger charge is -2.11. The smallest absolute Gasteiger partial charge is 0.121 e. The molecule has 1 aromatic carbocycles. The van der Waals surface area contributed by atoms with Gasteiger partial charge in [-0.25, -0.2) is 0 Å². The second-order valence-electron chi connectivity index (χ2n) is 3.38. The number of halogens is 1. The highest BCUT2D eigenvalue weighted by molar-refractivity contribution is 8.13. The van der Waals surface area contributed by atoms with Crippen LogP contribution in [0.25, 0.3) is 0 Å². The Morgan fingerprint density at radius 3 is 2.35 bits per heavy atom. The number of hydrogen-bond donors (Lipinski definition) is 1. The first-order valence-corrected chi connectivity index (χ1v) is 7.23. The first-order valence-electron chi connectivity index (χ1n) is 5.63. The van der Waals surface area contributed by atoms with Gasteiger partial charge in [0.15, 0.2) is 0 Å². The van der Waals surface area contributed by atoms with Crippen molar-refractivity contribution >= 4 is 28.4 Å². The third kappa shape index (κ3) is 5.99. The van der Waals surface area contributed by atoms with E-state index in [1.165, 1.54) is 11.8 Å². The topological polar surface area (TPSA) is 33.1 Å². The molecule has 1 aromatic rings. The summed E-state index contributed by atoms with van der Waals surface area (Å²) in [6.07, 6.45) is 1.98. The number of ether oxygens (including phenoxy) is 1. The molecule has 0 aromatic heterocycles. The Hall–Kier alpha value is -0.670. The summed E-state index contributed by atoms with van der Waals surface area (Å²) >= 11 is 7.33. The van der Waals surface area contributed by atoms with Crippen LogP contribution in [0, 0.1) is 5.41 Å². The van der Waals surface area contributed by atoms with Gasteiger partial charge in [-0.1, -0.05) is 25.4 Å². The molecule has 0 aliphatic heterocycles. The lowest BCUT2D eigenvalue weighted by Crippen LogP contribution is -2.06. The average Bonchev–Trinajstić information content (AvgIpc) is 2.29. The van der Waals surface area contributed by atoms with Crippen LogP contribution < -0.4 is 4.74 Å². The highest BCUT2D eigenvalue weighted by atomic mass is 35.5. The monoisotopic (exact) mass is 273 g/mol. The molecule has 2 nitrogen and oxygen atoms in total. The summed E-state index contributed by atoms with van der Waals surface area (Å²) in [7, 11) is 0. The second kappa shape index (κ2) is 8.43. The molecule has 17 heavy (non-hydrogen) atoms. The molecule has 0 radical (unpaired) electrons. The Kier molecular flexibility index (Phi) is 8.09. The van der Waals surface area contributed by atoms with E-state index in [2.05, 4.69) is 0 Å². The van der Waals surface area contributed by atoms with Gasteiger partial charge in [0, 0.05) is 10.6 Å². The SMILES string of the molecule is CC.CSC(=N)c1cc(Cl)cc(OC(C)C)c1. The minimum absolute atomic E-state index is 0.111. The molecule has 0 aliphatic carbocycles. The standard InChI is InChI=1S/C11H14ClNOS.C2H6/c1-7(2)14-10-5-8(11(13)15-3)4-9(12)6-10;1-2/h4-7,13H,1-3H3;1-2H3. The third-order valence-electron chi connectivity index (χ3n) is 1.71. The zero-order valence-electron chi connectivity index (χ0n) is 11.0. The van der Waals surface area contributed by atoms with Gasteiger partial charge in [-0.15, -0.1) is 11.8 Å². The van der Waals surface area contributed by atoms with Crippen LogP contribution in [0.5, 0.6) is 5.75 Å². The van der Waals surface area contributed by atoms with Crippen molar-refractivity contribution in [2.75, 3.05) is 6.26 Å². The predicted molar refractivity (Wildman–Crippen MR) is 78.9 cm³/mol. The van der Waals surface area contributed by atoms with E-state index in [1.54, 1.807) is 12.1 Å². The zero-order chi connectivity index (χ0) is 13.4. The molecular weight excluding hydrogens is 254 g/mol. The Morgan fingerprint density at radius 1 is 1.29 bits per heavy atom. The minimum Gasteiger partial charge on any atom is -0.491 e.